The summed E-state index contributed by atoms with van der Waals surface area (Å²) in [5, 5.41) is 0. The molecular weight excluding hydrogens is 319 g/mol. The van der Waals surface area contributed by atoms with Crippen LogP contribution in [0.15, 0.2) is 42.5 Å². The number of benzene rings is 2. The molecule has 0 aromatic heterocycles. The lowest BCUT2D eigenvalue weighted by Gasteiger charge is -2.36. The van der Waals surface area contributed by atoms with Crippen molar-refractivity contribution >= 4 is 11.6 Å². The smallest absolute Gasteiger partial charge is 0.253 e. The van der Waals surface area contributed by atoms with Crippen LogP contribution in [-0.4, -0.2) is 43.6 Å². The van der Waals surface area contributed by atoms with E-state index in [2.05, 4.69) is 4.90 Å². The minimum Gasteiger partial charge on any atom is -0.494 e. The van der Waals surface area contributed by atoms with Gasteiger partial charge in [0.05, 0.1) is 6.61 Å². The van der Waals surface area contributed by atoms with E-state index in [0.717, 1.165) is 30.1 Å². The van der Waals surface area contributed by atoms with Crippen LogP contribution in [0.4, 0.5) is 10.1 Å². The fourth-order valence-corrected chi connectivity index (χ4v) is 3.10. The van der Waals surface area contributed by atoms with Gasteiger partial charge in [-0.3, -0.25) is 4.79 Å². The fraction of sp³-hybridized carbons (Fsp3) is 0.350. The highest BCUT2D eigenvalue weighted by Gasteiger charge is 2.22. The van der Waals surface area contributed by atoms with Crippen LogP contribution >= 0.6 is 0 Å². The van der Waals surface area contributed by atoms with Crippen LogP contribution in [0.2, 0.25) is 0 Å². The number of aryl methyl sites for hydroxylation is 1. The summed E-state index contributed by atoms with van der Waals surface area (Å²) < 4.78 is 18.6. The zero-order chi connectivity index (χ0) is 17.8. The Morgan fingerprint density at radius 3 is 2.36 bits per heavy atom. The van der Waals surface area contributed by atoms with Gasteiger partial charge in [0.25, 0.3) is 5.91 Å². The Balaban J connectivity index is 1.63. The maximum Gasteiger partial charge on any atom is 0.253 e. The van der Waals surface area contributed by atoms with Crippen LogP contribution in [0.1, 0.15) is 22.8 Å². The molecule has 0 aliphatic carbocycles. The third-order valence-electron chi connectivity index (χ3n) is 4.48. The average Bonchev–Trinajstić information content (AvgIpc) is 2.64. The fourth-order valence-electron chi connectivity index (χ4n) is 3.10. The van der Waals surface area contributed by atoms with Gasteiger partial charge in [0.2, 0.25) is 0 Å². The van der Waals surface area contributed by atoms with E-state index in [1.165, 1.54) is 12.1 Å². The third-order valence-corrected chi connectivity index (χ3v) is 4.48. The number of hydrogen-bond donors (Lipinski definition) is 0. The van der Waals surface area contributed by atoms with Crippen LogP contribution in [-0.2, 0) is 0 Å². The first-order valence-electron chi connectivity index (χ1n) is 8.61. The van der Waals surface area contributed by atoms with Crippen molar-refractivity contribution in [1.29, 1.82) is 0 Å². The Labute approximate surface area is 147 Å². The molecular formula is C20H23FN2O2. The number of carbonyl (C=O) groups excluding carboxylic acids is 1. The van der Waals surface area contributed by atoms with E-state index in [1.54, 1.807) is 12.1 Å². The number of amides is 1. The molecule has 1 aliphatic heterocycles. The van der Waals surface area contributed by atoms with Crippen LogP contribution < -0.4 is 9.64 Å². The lowest BCUT2D eigenvalue weighted by Crippen LogP contribution is -2.48. The molecule has 132 valence electrons. The monoisotopic (exact) mass is 342 g/mol. The molecule has 1 heterocycles. The summed E-state index contributed by atoms with van der Waals surface area (Å²) in [7, 11) is 0. The number of carbonyl (C=O) groups is 1. The van der Waals surface area contributed by atoms with Crippen molar-refractivity contribution in [3.05, 3.63) is 59.4 Å². The lowest BCUT2D eigenvalue weighted by atomic mass is 10.1. The van der Waals surface area contributed by atoms with Gasteiger partial charge in [-0.1, -0.05) is 0 Å². The Hall–Kier alpha value is -2.56. The van der Waals surface area contributed by atoms with Crippen LogP contribution in [0.5, 0.6) is 5.75 Å². The highest BCUT2D eigenvalue weighted by atomic mass is 19.1. The number of rotatable bonds is 4. The zero-order valence-electron chi connectivity index (χ0n) is 14.7. The minimum atomic E-state index is -0.233. The highest BCUT2D eigenvalue weighted by molar-refractivity contribution is 5.94. The van der Waals surface area contributed by atoms with E-state index in [4.69, 9.17) is 4.74 Å². The molecule has 0 N–H and O–H groups in total. The summed E-state index contributed by atoms with van der Waals surface area (Å²) in [6, 6.07) is 12.1. The van der Waals surface area contributed by atoms with Gasteiger partial charge in [0, 0.05) is 37.4 Å². The predicted molar refractivity (Wildman–Crippen MR) is 96.9 cm³/mol. The summed E-state index contributed by atoms with van der Waals surface area (Å²) >= 11 is 0. The highest BCUT2D eigenvalue weighted by Crippen LogP contribution is 2.21. The van der Waals surface area contributed by atoms with Crippen molar-refractivity contribution in [1.82, 2.24) is 4.90 Å². The maximum atomic E-state index is 13.0. The normalized spacial score (nSPS) is 14.5. The lowest BCUT2D eigenvalue weighted by molar-refractivity contribution is 0.0746. The molecule has 0 bridgehead atoms. The molecule has 25 heavy (non-hydrogen) atoms. The van der Waals surface area contributed by atoms with Crippen molar-refractivity contribution in [2.24, 2.45) is 0 Å². The van der Waals surface area contributed by atoms with Crippen molar-refractivity contribution in [3.63, 3.8) is 0 Å². The number of hydrogen-bond acceptors (Lipinski definition) is 3. The first-order valence-corrected chi connectivity index (χ1v) is 8.61. The average molecular weight is 342 g/mol. The standard InChI is InChI=1S/C20H23FN2O2/c1-3-25-19-9-4-16(14-15(19)2)20(24)23-12-10-22(11-13-23)18-7-5-17(21)6-8-18/h4-9,14H,3,10-13H2,1-2H3. The molecule has 0 atom stereocenters. The van der Waals surface area contributed by atoms with Crippen LogP contribution in [0.25, 0.3) is 0 Å². The number of halogens is 1. The predicted octanol–water partition coefficient (Wildman–Crippen LogP) is 3.50. The molecule has 1 fully saturated rings. The van der Waals surface area contributed by atoms with Gasteiger partial charge in [-0.25, -0.2) is 4.39 Å². The molecule has 0 unspecified atom stereocenters. The summed E-state index contributed by atoms with van der Waals surface area (Å²) in [5.74, 6) is 0.633. The molecule has 2 aromatic rings. The van der Waals surface area contributed by atoms with E-state index in [0.29, 0.717) is 25.3 Å². The zero-order valence-corrected chi connectivity index (χ0v) is 14.7. The molecule has 4 nitrogen and oxygen atoms in total. The second-order valence-electron chi connectivity index (χ2n) is 6.17. The topological polar surface area (TPSA) is 32.8 Å². The first kappa shape index (κ1) is 17.3. The van der Waals surface area contributed by atoms with E-state index in [9.17, 15) is 9.18 Å². The molecule has 0 saturated carbocycles. The van der Waals surface area contributed by atoms with Crippen molar-refractivity contribution in [2.45, 2.75) is 13.8 Å². The van der Waals surface area contributed by atoms with E-state index in [1.807, 2.05) is 36.9 Å². The molecule has 1 amide bonds. The van der Waals surface area contributed by atoms with Crippen molar-refractivity contribution < 1.29 is 13.9 Å². The van der Waals surface area contributed by atoms with Gasteiger partial charge in [-0.2, -0.15) is 0 Å². The van der Waals surface area contributed by atoms with E-state index in [-0.39, 0.29) is 11.7 Å². The Bertz CT molecular complexity index is 738. The molecule has 0 spiro atoms. The van der Waals surface area contributed by atoms with Crippen molar-refractivity contribution in [2.75, 3.05) is 37.7 Å². The maximum absolute atomic E-state index is 13.0. The van der Waals surface area contributed by atoms with Gasteiger partial charge < -0.3 is 14.5 Å². The first-order chi connectivity index (χ1) is 12.1. The molecule has 3 rings (SSSR count). The Kier molecular flexibility index (Phi) is 5.22. The quantitative estimate of drug-likeness (QED) is 0.853. The second kappa shape index (κ2) is 7.55. The van der Waals surface area contributed by atoms with E-state index < -0.39 is 0 Å². The van der Waals surface area contributed by atoms with Gasteiger partial charge in [0.1, 0.15) is 11.6 Å². The third kappa shape index (κ3) is 3.92. The Morgan fingerprint density at radius 1 is 1.08 bits per heavy atom. The summed E-state index contributed by atoms with van der Waals surface area (Å²) in [5.41, 5.74) is 2.65. The van der Waals surface area contributed by atoms with E-state index >= 15 is 0 Å². The number of anilines is 1. The van der Waals surface area contributed by atoms with Gasteiger partial charge in [-0.05, 0) is 61.9 Å². The largest absolute Gasteiger partial charge is 0.494 e. The summed E-state index contributed by atoms with van der Waals surface area (Å²) in [6.45, 7) is 7.30. The molecule has 5 heteroatoms. The van der Waals surface area contributed by atoms with Gasteiger partial charge in [0.15, 0.2) is 0 Å². The SMILES string of the molecule is CCOc1ccc(C(=O)N2CCN(c3ccc(F)cc3)CC2)cc1C. The molecule has 1 aliphatic rings. The Morgan fingerprint density at radius 2 is 1.76 bits per heavy atom. The number of nitrogens with zero attached hydrogens (tertiary/aromatic N) is 2. The van der Waals surface area contributed by atoms with Crippen LogP contribution in [0, 0.1) is 12.7 Å². The molecule has 1 saturated heterocycles. The minimum absolute atomic E-state index is 0.0462. The number of ether oxygens (including phenoxy) is 1. The number of piperazine rings is 1. The van der Waals surface area contributed by atoms with Crippen LogP contribution in [0.3, 0.4) is 0 Å². The van der Waals surface area contributed by atoms with Crippen molar-refractivity contribution in [3.8, 4) is 5.75 Å². The second-order valence-corrected chi connectivity index (χ2v) is 6.17. The molecule has 0 radical (unpaired) electrons. The van der Waals surface area contributed by atoms with Gasteiger partial charge >= 0.3 is 0 Å². The van der Waals surface area contributed by atoms with Gasteiger partial charge in [-0.15, -0.1) is 0 Å². The summed E-state index contributed by atoms with van der Waals surface area (Å²) in [4.78, 5) is 16.8. The summed E-state index contributed by atoms with van der Waals surface area (Å²) in [6.07, 6.45) is 0. The molecule has 2 aromatic carbocycles.